The van der Waals surface area contributed by atoms with Gasteiger partial charge in [-0.1, -0.05) is 18.2 Å². The third-order valence-electron chi connectivity index (χ3n) is 2.19. The Morgan fingerprint density at radius 2 is 1.47 bits per heavy atom. The minimum Gasteiger partial charge on any atom is -0.301 e. The number of sulfonamides is 1. The number of rotatable bonds is 3. The molecule has 0 saturated heterocycles. The molecule has 87 valence electrons. The molecule has 0 bridgehead atoms. The molecule has 0 aliphatic carbocycles. The van der Waals surface area contributed by atoms with E-state index in [1.807, 2.05) is 0 Å². The minimum absolute atomic E-state index is 0.218. The van der Waals surface area contributed by atoms with Crippen molar-refractivity contribution in [3.8, 4) is 0 Å². The van der Waals surface area contributed by atoms with Crippen LogP contribution >= 0.6 is 0 Å². The van der Waals surface area contributed by atoms with E-state index in [1.54, 1.807) is 30.3 Å². The van der Waals surface area contributed by atoms with Gasteiger partial charge in [-0.3, -0.25) is 4.72 Å². The van der Waals surface area contributed by atoms with Gasteiger partial charge in [-0.2, -0.15) is 0 Å². The van der Waals surface area contributed by atoms with Crippen LogP contribution in [0.25, 0.3) is 0 Å². The minimum atomic E-state index is -3.54. The van der Waals surface area contributed by atoms with Crippen LogP contribution in [0, 0.1) is 0 Å². The zero-order valence-corrected chi connectivity index (χ0v) is 9.74. The maximum Gasteiger partial charge on any atom is 0.261 e. The van der Waals surface area contributed by atoms with Gasteiger partial charge in [-0.15, -0.1) is 0 Å². The van der Waals surface area contributed by atoms with Crippen molar-refractivity contribution in [3.05, 3.63) is 54.6 Å². The highest BCUT2D eigenvalue weighted by Crippen LogP contribution is 2.17. The summed E-state index contributed by atoms with van der Waals surface area (Å²) in [5.74, 6) is 0. The predicted molar refractivity (Wildman–Crippen MR) is 66.4 cm³/mol. The second-order valence-corrected chi connectivity index (χ2v) is 5.18. The molecule has 17 heavy (non-hydrogen) atoms. The van der Waals surface area contributed by atoms with Gasteiger partial charge in [0.1, 0.15) is 0 Å². The SMILES string of the molecule is [NH]c1ccc(NS(=O)(=O)c2ccccc2)cc1. The van der Waals surface area contributed by atoms with Crippen LogP contribution in [0.2, 0.25) is 0 Å². The molecular formula is C12H11N2O2S. The van der Waals surface area contributed by atoms with Crippen LogP contribution < -0.4 is 10.5 Å². The molecule has 0 aromatic heterocycles. The summed E-state index contributed by atoms with van der Waals surface area (Å²) in [6.07, 6.45) is 0. The molecule has 0 aliphatic heterocycles. The number of benzene rings is 2. The largest absolute Gasteiger partial charge is 0.301 e. The topological polar surface area (TPSA) is 70.0 Å². The molecule has 0 spiro atoms. The Hall–Kier alpha value is -2.01. The van der Waals surface area contributed by atoms with E-state index in [1.165, 1.54) is 24.3 Å². The first-order valence-corrected chi connectivity index (χ1v) is 6.46. The maximum atomic E-state index is 11.9. The average Bonchev–Trinajstić information content (AvgIpc) is 2.33. The zero-order chi connectivity index (χ0) is 12.3. The Morgan fingerprint density at radius 3 is 2.06 bits per heavy atom. The van der Waals surface area contributed by atoms with Gasteiger partial charge in [0.25, 0.3) is 10.0 Å². The monoisotopic (exact) mass is 247 g/mol. The Bertz CT molecular complexity index is 592. The molecule has 2 aromatic carbocycles. The Balaban J connectivity index is 2.27. The van der Waals surface area contributed by atoms with Crippen molar-refractivity contribution in [1.82, 2.24) is 5.73 Å². The summed E-state index contributed by atoms with van der Waals surface area (Å²) in [5, 5.41) is 0. The quantitative estimate of drug-likeness (QED) is 0.904. The van der Waals surface area contributed by atoms with Crippen molar-refractivity contribution in [2.75, 3.05) is 4.72 Å². The van der Waals surface area contributed by atoms with E-state index in [9.17, 15) is 8.42 Å². The lowest BCUT2D eigenvalue weighted by Gasteiger charge is -2.07. The van der Waals surface area contributed by atoms with Gasteiger partial charge in [0.15, 0.2) is 0 Å². The fraction of sp³-hybridized carbons (Fsp3) is 0. The highest BCUT2D eigenvalue weighted by Gasteiger charge is 2.12. The summed E-state index contributed by atoms with van der Waals surface area (Å²) in [6.45, 7) is 0. The highest BCUT2D eigenvalue weighted by molar-refractivity contribution is 7.92. The summed E-state index contributed by atoms with van der Waals surface area (Å²) in [4.78, 5) is 0.218. The number of hydrogen-bond acceptors (Lipinski definition) is 2. The smallest absolute Gasteiger partial charge is 0.261 e. The first-order chi connectivity index (χ1) is 8.08. The van der Waals surface area contributed by atoms with Gasteiger partial charge in [0.2, 0.25) is 0 Å². The van der Waals surface area contributed by atoms with E-state index in [0.29, 0.717) is 11.4 Å². The third-order valence-corrected chi connectivity index (χ3v) is 3.59. The third kappa shape index (κ3) is 2.76. The van der Waals surface area contributed by atoms with E-state index in [2.05, 4.69) is 4.72 Å². The van der Waals surface area contributed by atoms with Crippen molar-refractivity contribution >= 4 is 21.4 Å². The van der Waals surface area contributed by atoms with Crippen LogP contribution in [0.5, 0.6) is 0 Å². The molecule has 0 amide bonds. The molecule has 1 radical (unpaired) electrons. The van der Waals surface area contributed by atoms with E-state index in [4.69, 9.17) is 5.73 Å². The normalized spacial score (nSPS) is 11.1. The zero-order valence-electron chi connectivity index (χ0n) is 8.92. The Labute approximate surface area is 100 Å². The van der Waals surface area contributed by atoms with Crippen molar-refractivity contribution in [2.45, 2.75) is 4.90 Å². The predicted octanol–water partition coefficient (Wildman–Crippen LogP) is 2.40. The van der Waals surface area contributed by atoms with Crippen LogP contribution in [-0.4, -0.2) is 8.42 Å². The van der Waals surface area contributed by atoms with E-state index >= 15 is 0 Å². The molecule has 2 rings (SSSR count). The van der Waals surface area contributed by atoms with Crippen LogP contribution in [0.15, 0.2) is 59.5 Å². The fourth-order valence-corrected chi connectivity index (χ4v) is 2.43. The lowest BCUT2D eigenvalue weighted by atomic mass is 10.3. The first-order valence-electron chi connectivity index (χ1n) is 4.97. The second kappa shape index (κ2) is 4.47. The first kappa shape index (κ1) is 11.5. The van der Waals surface area contributed by atoms with Crippen LogP contribution in [0.4, 0.5) is 11.4 Å². The molecule has 0 aliphatic rings. The van der Waals surface area contributed by atoms with Gasteiger partial charge in [-0.25, -0.2) is 8.42 Å². The van der Waals surface area contributed by atoms with Gasteiger partial charge in [-0.05, 0) is 36.4 Å². The molecular weight excluding hydrogens is 236 g/mol. The summed E-state index contributed by atoms with van der Waals surface area (Å²) < 4.78 is 26.3. The van der Waals surface area contributed by atoms with Crippen molar-refractivity contribution < 1.29 is 8.42 Å². The van der Waals surface area contributed by atoms with Gasteiger partial charge < -0.3 is 5.73 Å². The lowest BCUT2D eigenvalue weighted by molar-refractivity contribution is 0.601. The van der Waals surface area contributed by atoms with E-state index < -0.39 is 10.0 Å². The molecule has 0 atom stereocenters. The molecule has 0 fully saturated rings. The molecule has 4 nitrogen and oxygen atoms in total. The Morgan fingerprint density at radius 1 is 0.882 bits per heavy atom. The van der Waals surface area contributed by atoms with Crippen molar-refractivity contribution in [3.63, 3.8) is 0 Å². The molecule has 2 N–H and O–H groups in total. The molecule has 2 aromatic rings. The average molecular weight is 247 g/mol. The van der Waals surface area contributed by atoms with Crippen molar-refractivity contribution in [2.24, 2.45) is 0 Å². The van der Waals surface area contributed by atoms with Gasteiger partial charge in [0.05, 0.1) is 10.6 Å². The summed E-state index contributed by atoms with van der Waals surface area (Å²) >= 11 is 0. The van der Waals surface area contributed by atoms with Gasteiger partial charge in [0, 0.05) is 5.69 Å². The number of nitrogens with one attached hydrogen (secondary N) is 2. The van der Waals surface area contributed by atoms with Gasteiger partial charge >= 0.3 is 0 Å². The maximum absolute atomic E-state index is 11.9. The Kier molecular flexibility index (Phi) is 3.01. The highest BCUT2D eigenvalue weighted by atomic mass is 32.2. The van der Waals surface area contributed by atoms with Crippen LogP contribution in [-0.2, 0) is 10.0 Å². The van der Waals surface area contributed by atoms with Crippen molar-refractivity contribution in [1.29, 1.82) is 0 Å². The van der Waals surface area contributed by atoms with E-state index in [-0.39, 0.29) is 4.90 Å². The molecule has 0 heterocycles. The van der Waals surface area contributed by atoms with Crippen LogP contribution in [0.3, 0.4) is 0 Å². The molecule has 0 saturated carbocycles. The summed E-state index contributed by atoms with van der Waals surface area (Å²) in [7, 11) is -3.54. The summed E-state index contributed by atoms with van der Waals surface area (Å²) in [5.41, 5.74) is 8.10. The fourth-order valence-electron chi connectivity index (χ4n) is 1.35. The second-order valence-electron chi connectivity index (χ2n) is 3.50. The standard InChI is InChI=1S/C12H11N2O2S/c13-10-6-8-11(9-7-10)14-17(15,16)12-4-2-1-3-5-12/h1-9,13-14H. The lowest BCUT2D eigenvalue weighted by Crippen LogP contribution is -2.12. The summed E-state index contributed by atoms with van der Waals surface area (Å²) in [6, 6.07) is 14.3. The number of hydrogen-bond donors (Lipinski definition) is 1. The van der Waals surface area contributed by atoms with Crippen LogP contribution in [0.1, 0.15) is 0 Å². The molecule has 5 heteroatoms. The molecule has 0 unspecified atom stereocenters. The van der Waals surface area contributed by atoms with E-state index in [0.717, 1.165) is 0 Å². The number of anilines is 1.